The van der Waals surface area contributed by atoms with Crippen molar-refractivity contribution in [3.05, 3.63) is 210 Å². The Hall–Kier alpha value is -6.23. The molecule has 0 aliphatic carbocycles. The maximum Gasteiger partial charge on any atom is 0.0774 e. The predicted molar refractivity (Wildman–Crippen MR) is 240 cm³/mol. The fourth-order valence-corrected chi connectivity index (χ4v) is 8.58. The van der Waals surface area contributed by atoms with Crippen LogP contribution in [0.25, 0.3) is 82.8 Å². The molecule has 7 aromatic carbocycles. The molecule has 0 bridgehead atoms. The van der Waals surface area contributed by atoms with Gasteiger partial charge < -0.3 is 9.55 Å². The molecule has 0 fully saturated rings. The SMILES string of the molecule is Cc1cc(-c2ccccc2)c(-n2c(-c3[c-]sc4ccc(-c5c(C)cccc5C)cc34)nc3ccccc32)c(-c2ccccc2)c1.[Ir].[c-]1ccccc1-c1ccccn1. The number of para-hydroxylation sites is 2. The molecule has 0 spiro atoms. The molecule has 0 atom stereocenters. The van der Waals surface area contributed by atoms with Crippen molar-refractivity contribution in [2.75, 3.05) is 0 Å². The van der Waals surface area contributed by atoms with Crippen molar-refractivity contribution in [2.45, 2.75) is 20.8 Å². The number of pyridine rings is 1. The maximum atomic E-state index is 5.35. The van der Waals surface area contributed by atoms with Gasteiger partial charge >= 0.3 is 0 Å². The van der Waals surface area contributed by atoms with Gasteiger partial charge in [0.2, 0.25) is 0 Å². The summed E-state index contributed by atoms with van der Waals surface area (Å²) in [6.07, 6.45) is 1.79. The van der Waals surface area contributed by atoms with Gasteiger partial charge in [-0.3, -0.25) is 16.3 Å². The van der Waals surface area contributed by atoms with Gasteiger partial charge in [-0.25, -0.2) is 0 Å². The molecule has 10 aromatic rings. The second-order valence-electron chi connectivity index (χ2n) is 14.2. The van der Waals surface area contributed by atoms with Gasteiger partial charge in [-0.05, 0) is 95.7 Å². The second kappa shape index (κ2) is 17.1. The van der Waals surface area contributed by atoms with Crippen LogP contribution >= 0.6 is 11.3 Å². The van der Waals surface area contributed by atoms with Gasteiger partial charge in [0.15, 0.2) is 0 Å². The summed E-state index contributed by atoms with van der Waals surface area (Å²) in [6.45, 7) is 6.57. The number of nitrogens with zero attached hydrogens (tertiary/aromatic N) is 3. The van der Waals surface area contributed by atoms with Crippen LogP contribution in [0.5, 0.6) is 0 Å². The molecule has 0 aliphatic rings. The number of imidazole rings is 1. The number of hydrogen-bond acceptors (Lipinski definition) is 3. The zero-order valence-electron chi connectivity index (χ0n) is 32.4. The molecule has 0 N–H and O–H groups in total. The molecular formula is C53H39IrN3S-2. The van der Waals surface area contributed by atoms with E-state index in [1.807, 2.05) is 42.5 Å². The van der Waals surface area contributed by atoms with E-state index in [9.17, 15) is 0 Å². The molecule has 283 valence electrons. The van der Waals surface area contributed by atoms with Crippen molar-refractivity contribution in [1.82, 2.24) is 14.5 Å². The van der Waals surface area contributed by atoms with Crippen molar-refractivity contribution in [3.8, 4) is 61.7 Å². The van der Waals surface area contributed by atoms with Crippen molar-refractivity contribution in [1.29, 1.82) is 0 Å². The summed E-state index contributed by atoms with van der Waals surface area (Å²) in [4.78, 5) is 9.57. The first-order valence-electron chi connectivity index (χ1n) is 19.2. The monoisotopic (exact) mass is 942 g/mol. The molecule has 0 amide bonds. The Kier molecular flexibility index (Phi) is 11.4. The molecular weight excluding hydrogens is 903 g/mol. The van der Waals surface area contributed by atoms with Crippen LogP contribution in [0.2, 0.25) is 0 Å². The topological polar surface area (TPSA) is 30.7 Å². The minimum atomic E-state index is 0. The number of thiophene rings is 1. The van der Waals surface area contributed by atoms with Crippen LogP contribution in [0.4, 0.5) is 0 Å². The van der Waals surface area contributed by atoms with Crippen LogP contribution in [0, 0.1) is 32.2 Å². The average molecular weight is 942 g/mol. The van der Waals surface area contributed by atoms with E-state index in [2.05, 4.69) is 175 Å². The van der Waals surface area contributed by atoms with Gasteiger partial charge in [0, 0.05) is 37.4 Å². The summed E-state index contributed by atoms with van der Waals surface area (Å²) in [5.74, 6) is 0.902. The van der Waals surface area contributed by atoms with Crippen LogP contribution in [-0.2, 0) is 20.1 Å². The number of aromatic nitrogens is 3. The first-order chi connectivity index (χ1) is 28.0. The molecule has 3 aromatic heterocycles. The number of benzene rings is 7. The molecule has 0 saturated carbocycles. The van der Waals surface area contributed by atoms with Crippen molar-refractivity contribution >= 4 is 32.5 Å². The molecule has 3 heterocycles. The van der Waals surface area contributed by atoms with Gasteiger partial charge in [0.1, 0.15) is 0 Å². The Balaban J connectivity index is 0.000000309. The third-order valence-corrected chi connectivity index (χ3v) is 11.2. The van der Waals surface area contributed by atoms with Crippen LogP contribution in [0.1, 0.15) is 16.7 Å². The van der Waals surface area contributed by atoms with E-state index in [4.69, 9.17) is 4.98 Å². The molecule has 58 heavy (non-hydrogen) atoms. The third kappa shape index (κ3) is 7.60. The Bertz CT molecular complexity index is 2850. The summed E-state index contributed by atoms with van der Waals surface area (Å²) in [5.41, 5.74) is 17.2. The molecule has 10 rings (SSSR count). The summed E-state index contributed by atoms with van der Waals surface area (Å²) in [7, 11) is 0. The number of hydrogen-bond donors (Lipinski definition) is 0. The minimum absolute atomic E-state index is 0. The molecule has 5 heteroatoms. The van der Waals surface area contributed by atoms with Gasteiger partial charge in [-0.1, -0.05) is 137 Å². The standard InChI is InChI=1S/C42H31N2S.C11H8N.Ir/c1-27-23-33(30-15-6-4-7-16-30)41(34(24-27)31-17-8-5-9-18-31)44-38-20-11-10-19-37(38)43-42(44)36-26-45-39-22-21-32(25-35(36)39)40-28(2)13-12-14-29(40)3;1-2-6-10(7-3-1)11-8-4-5-9-12-11;/h4-25H,1-3H3;1-6,8-9H;/q2*-1;. The fourth-order valence-electron chi connectivity index (χ4n) is 7.76. The zero-order valence-corrected chi connectivity index (χ0v) is 35.6. The van der Waals surface area contributed by atoms with Gasteiger partial charge in [0.05, 0.1) is 22.5 Å². The van der Waals surface area contributed by atoms with Crippen molar-refractivity contribution in [3.63, 3.8) is 0 Å². The zero-order chi connectivity index (χ0) is 38.7. The maximum absolute atomic E-state index is 5.35. The van der Waals surface area contributed by atoms with Gasteiger partial charge in [0.25, 0.3) is 0 Å². The summed E-state index contributed by atoms with van der Waals surface area (Å²) < 4.78 is 3.58. The summed E-state index contributed by atoms with van der Waals surface area (Å²) in [6, 6.07) is 64.7. The van der Waals surface area contributed by atoms with Gasteiger partial charge in [-0.2, -0.15) is 0 Å². The van der Waals surface area contributed by atoms with E-state index in [0.717, 1.165) is 39.4 Å². The first kappa shape index (κ1) is 38.6. The summed E-state index contributed by atoms with van der Waals surface area (Å²) >= 11 is 1.66. The number of fused-ring (bicyclic) bond motifs is 2. The molecule has 3 nitrogen and oxygen atoms in total. The van der Waals surface area contributed by atoms with E-state index >= 15 is 0 Å². The Morgan fingerprint density at radius 3 is 1.90 bits per heavy atom. The van der Waals surface area contributed by atoms with E-state index in [1.54, 1.807) is 17.5 Å². The molecule has 1 radical (unpaired) electrons. The molecule has 0 unspecified atom stereocenters. The van der Waals surface area contributed by atoms with Crippen LogP contribution in [-0.4, -0.2) is 14.5 Å². The van der Waals surface area contributed by atoms with Crippen molar-refractivity contribution in [2.24, 2.45) is 0 Å². The third-order valence-electron chi connectivity index (χ3n) is 10.4. The van der Waals surface area contributed by atoms with Crippen molar-refractivity contribution < 1.29 is 20.1 Å². The van der Waals surface area contributed by atoms with E-state index in [0.29, 0.717) is 0 Å². The minimum Gasteiger partial charge on any atom is -0.332 e. The molecule has 0 aliphatic heterocycles. The second-order valence-corrected chi connectivity index (χ2v) is 15.1. The largest absolute Gasteiger partial charge is 0.332 e. The smallest absolute Gasteiger partial charge is 0.0774 e. The first-order valence-corrected chi connectivity index (χ1v) is 20.0. The summed E-state index contributed by atoms with van der Waals surface area (Å²) in [5, 5.41) is 4.87. The quantitative estimate of drug-likeness (QED) is 0.156. The Morgan fingerprint density at radius 1 is 0.586 bits per heavy atom. The Morgan fingerprint density at radius 2 is 1.24 bits per heavy atom. The molecule has 0 saturated heterocycles. The van der Waals surface area contributed by atoms with E-state index in [1.165, 1.54) is 60.2 Å². The van der Waals surface area contributed by atoms with Crippen LogP contribution in [0.3, 0.4) is 0 Å². The normalized spacial score (nSPS) is 10.9. The fraction of sp³-hybridized carbons (Fsp3) is 0.0566. The van der Waals surface area contributed by atoms with E-state index < -0.39 is 0 Å². The number of rotatable bonds is 6. The number of aryl methyl sites for hydroxylation is 3. The average Bonchev–Trinajstić information content (AvgIpc) is 3.86. The van der Waals surface area contributed by atoms with Crippen LogP contribution in [0.15, 0.2) is 182 Å². The van der Waals surface area contributed by atoms with Crippen LogP contribution < -0.4 is 0 Å². The van der Waals surface area contributed by atoms with E-state index in [-0.39, 0.29) is 20.1 Å². The Labute approximate surface area is 357 Å². The predicted octanol–water partition coefficient (Wildman–Crippen LogP) is 14.2. The van der Waals surface area contributed by atoms with Gasteiger partial charge in [-0.15, -0.1) is 41.3 Å².